The van der Waals surface area contributed by atoms with Gasteiger partial charge >= 0.3 is 0 Å². The highest BCUT2D eigenvalue weighted by Gasteiger charge is 2.19. The van der Waals surface area contributed by atoms with Gasteiger partial charge in [-0.1, -0.05) is 6.92 Å². The maximum atomic E-state index is 5.19. The van der Waals surface area contributed by atoms with Crippen LogP contribution in [0.25, 0.3) is 0 Å². The number of aromatic nitrogens is 1. The Bertz CT molecular complexity index is 462. The number of aryl methyl sites for hydroxylation is 2. The van der Waals surface area contributed by atoms with E-state index in [9.17, 15) is 0 Å². The van der Waals surface area contributed by atoms with Crippen molar-refractivity contribution in [1.29, 1.82) is 0 Å². The third-order valence-corrected chi connectivity index (χ3v) is 3.81. The number of hydrogen-bond donors (Lipinski definition) is 1. The molecule has 0 bridgehead atoms. The Morgan fingerprint density at radius 3 is 2.82 bits per heavy atom. The highest BCUT2D eigenvalue weighted by Crippen LogP contribution is 2.30. The zero-order valence-corrected chi connectivity index (χ0v) is 11.3. The summed E-state index contributed by atoms with van der Waals surface area (Å²) in [7, 11) is 0. The highest BCUT2D eigenvalue weighted by atomic mass is 32.1. The number of hydrogen-bond acceptors (Lipinski definition) is 4. The summed E-state index contributed by atoms with van der Waals surface area (Å²) >= 11 is 1.76. The van der Waals surface area contributed by atoms with E-state index in [4.69, 9.17) is 4.42 Å². The van der Waals surface area contributed by atoms with Crippen molar-refractivity contribution in [3.8, 4) is 0 Å². The second-order valence-corrected chi connectivity index (χ2v) is 5.36. The second kappa shape index (κ2) is 5.47. The van der Waals surface area contributed by atoms with Gasteiger partial charge in [-0.05, 0) is 32.9 Å². The molecule has 2 aromatic heterocycles. The van der Waals surface area contributed by atoms with E-state index in [0.717, 1.165) is 23.7 Å². The summed E-state index contributed by atoms with van der Waals surface area (Å²) < 4.78 is 5.19. The third kappa shape index (κ3) is 2.76. The summed E-state index contributed by atoms with van der Waals surface area (Å²) in [4.78, 5) is 5.79. The molecule has 1 unspecified atom stereocenters. The van der Waals surface area contributed by atoms with Crippen molar-refractivity contribution in [2.45, 2.75) is 33.2 Å². The molecule has 1 N–H and O–H groups in total. The van der Waals surface area contributed by atoms with Crippen LogP contribution in [-0.4, -0.2) is 11.5 Å². The fourth-order valence-corrected chi connectivity index (χ4v) is 2.94. The van der Waals surface area contributed by atoms with E-state index >= 15 is 0 Å². The van der Waals surface area contributed by atoms with Crippen molar-refractivity contribution in [1.82, 2.24) is 10.3 Å². The quantitative estimate of drug-likeness (QED) is 0.883. The fourth-order valence-electron chi connectivity index (χ4n) is 1.90. The topological polar surface area (TPSA) is 38.1 Å². The molecule has 2 rings (SSSR count). The predicted molar refractivity (Wildman–Crippen MR) is 70.4 cm³/mol. The normalized spacial score (nSPS) is 12.9. The van der Waals surface area contributed by atoms with Crippen LogP contribution in [0.2, 0.25) is 0 Å². The maximum Gasteiger partial charge on any atom is 0.0954 e. The Balaban J connectivity index is 2.30. The first-order valence-electron chi connectivity index (χ1n) is 5.91. The molecule has 0 spiro atoms. The van der Waals surface area contributed by atoms with Gasteiger partial charge < -0.3 is 9.73 Å². The molecule has 4 heteroatoms. The molecule has 0 radical (unpaired) electrons. The van der Waals surface area contributed by atoms with E-state index in [2.05, 4.69) is 24.1 Å². The monoisotopic (exact) mass is 250 g/mol. The lowest BCUT2D eigenvalue weighted by Gasteiger charge is -2.15. The van der Waals surface area contributed by atoms with Gasteiger partial charge in [-0.15, -0.1) is 11.3 Å². The number of nitrogens with one attached hydrogen (secondary N) is 1. The van der Waals surface area contributed by atoms with Crippen LogP contribution < -0.4 is 5.32 Å². The van der Waals surface area contributed by atoms with E-state index in [1.165, 1.54) is 10.4 Å². The van der Waals surface area contributed by atoms with E-state index in [1.54, 1.807) is 17.6 Å². The molecule has 92 valence electrons. The Kier molecular flexibility index (Phi) is 3.97. The van der Waals surface area contributed by atoms with Gasteiger partial charge in [0.25, 0.3) is 0 Å². The third-order valence-electron chi connectivity index (χ3n) is 2.68. The second-order valence-electron chi connectivity index (χ2n) is 4.13. The van der Waals surface area contributed by atoms with Crippen LogP contribution >= 0.6 is 11.3 Å². The lowest BCUT2D eigenvalue weighted by Crippen LogP contribution is -2.22. The zero-order valence-electron chi connectivity index (χ0n) is 10.5. The number of thiazole rings is 1. The summed E-state index contributed by atoms with van der Waals surface area (Å²) in [6.07, 6.45) is 4.65. The van der Waals surface area contributed by atoms with E-state index in [1.807, 2.05) is 19.3 Å². The molecule has 0 aliphatic rings. The van der Waals surface area contributed by atoms with Gasteiger partial charge in [0.05, 0.1) is 29.3 Å². The summed E-state index contributed by atoms with van der Waals surface area (Å²) in [5.74, 6) is 0. The molecule has 0 aromatic carbocycles. The van der Waals surface area contributed by atoms with Gasteiger partial charge in [0.1, 0.15) is 0 Å². The van der Waals surface area contributed by atoms with Crippen molar-refractivity contribution in [2.24, 2.45) is 0 Å². The minimum absolute atomic E-state index is 0.208. The zero-order chi connectivity index (χ0) is 12.3. The van der Waals surface area contributed by atoms with Gasteiger partial charge in [0, 0.05) is 10.4 Å². The van der Waals surface area contributed by atoms with Gasteiger partial charge in [-0.3, -0.25) is 0 Å². The van der Waals surface area contributed by atoms with Crippen molar-refractivity contribution >= 4 is 11.3 Å². The van der Waals surface area contributed by atoms with Crippen molar-refractivity contribution < 1.29 is 4.42 Å². The van der Waals surface area contributed by atoms with E-state index < -0.39 is 0 Å². The van der Waals surface area contributed by atoms with Gasteiger partial charge in [-0.25, -0.2) is 4.98 Å². The van der Waals surface area contributed by atoms with Crippen LogP contribution in [0.1, 0.15) is 40.5 Å². The lowest BCUT2D eigenvalue weighted by atomic mass is 10.1. The van der Waals surface area contributed by atoms with Crippen LogP contribution in [0.5, 0.6) is 0 Å². The SMILES string of the molecule is CCCNC(c1ccoc1)c1sc(C)nc1C. The average molecular weight is 250 g/mol. The molecule has 0 aliphatic carbocycles. The number of nitrogens with zero attached hydrogens (tertiary/aromatic N) is 1. The molecule has 0 saturated carbocycles. The molecular weight excluding hydrogens is 232 g/mol. The van der Waals surface area contributed by atoms with Crippen molar-refractivity contribution in [3.63, 3.8) is 0 Å². The van der Waals surface area contributed by atoms with E-state index in [-0.39, 0.29) is 6.04 Å². The van der Waals surface area contributed by atoms with Crippen LogP contribution in [-0.2, 0) is 0 Å². The van der Waals surface area contributed by atoms with Gasteiger partial charge in [-0.2, -0.15) is 0 Å². The minimum Gasteiger partial charge on any atom is -0.472 e. The predicted octanol–water partition coefficient (Wildman–Crippen LogP) is 3.44. The first kappa shape index (κ1) is 12.3. The van der Waals surface area contributed by atoms with Crippen LogP contribution in [0.3, 0.4) is 0 Å². The molecule has 2 aromatic rings. The molecule has 2 heterocycles. The first-order chi connectivity index (χ1) is 8.22. The Labute approximate surface area is 106 Å². The van der Waals surface area contributed by atoms with Gasteiger partial charge in [0.15, 0.2) is 0 Å². The van der Waals surface area contributed by atoms with E-state index in [0.29, 0.717) is 0 Å². The first-order valence-corrected chi connectivity index (χ1v) is 6.73. The Hall–Kier alpha value is -1.13. The number of furan rings is 1. The van der Waals surface area contributed by atoms with Crippen LogP contribution in [0.15, 0.2) is 23.0 Å². The summed E-state index contributed by atoms with van der Waals surface area (Å²) in [6.45, 7) is 7.28. The molecule has 17 heavy (non-hydrogen) atoms. The smallest absolute Gasteiger partial charge is 0.0954 e. The molecule has 0 amide bonds. The van der Waals surface area contributed by atoms with Gasteiger partial charge in [0.2, 0.25) is 0 Å². The summed E-state index contributed by atoms with van der Waals surface area (Å²) in [6, 6.07) is 2.22. The largest absolute Gasteiger partial charge is 0.472 e. The molecular formula is C13H18N2OS. The standard InChI is InChI=1S/C13H18N2OS/c1-4-6-14-12(11-5-7-16-8-11)13-9(2)15-10(3)17-13/h5,7-8,12,14H,4,6H2,1-3H3. The summed E-state index contributed by atoms with van der Waals surface area (Å²) in [5.41, 5.74) is 2.28. The molecule has 3 nitrogen and oxygen atoms in total. The molecule has 0 aliphatic heterocycles. The molecule has 0 fully saturated rings. The highest BCUT2D eigenvalue weighted by molar-refractivity contribution is 7.11. The summed E-state index contributed by atoms with van der Waals surface area (Å²) in [5, 5.41) is 4.67. The minimum atomic E-state index is 0.208. The maximum absolute atomic E-state index is 5.19. The molecule has 0 saturated heterocycles. The number of rotatable bonds is 5. The average Bonchev–Trinajstić information content (AvgIpc) is 2.90. The van der Waals surface area contributed by atoms with Crippen LogP contribution in [0.4, 0.5) is 0 Å². The Morgan fingerprint density at radius 2 is 2.29 bits per heavy atom. The van der Waals surface area contributed by atoms with Crippen molar-refractivity contribution in [2.75, 3.05) is 6.54 Å². The van der Waals surface area contributed by atoms with Crippen LogP contribution in [0, 0.1) is 13.8 Å². The Morgan fingerprint density at radius 1 is 1.47 bits per heavy atom. The fraction of sp³-hybridized carbons (Fsp3) is 0.462. The molecule has 1 atom stereocenters. The van der Waals surface area contributed by atoms with Crippen molar-refractivity contribution in [3.05, 3.63) is 39.7 Å². The lowest BCUT2D eigenvalue weighted by molar-refractivity contribution is 0.549.